The molecule has 2 atom stereocenters. The zero-order chi connectivity index (χ0) is 23.6. The summed E-state index contributed by atoms with van der Waals surface area (Å²) in [6, 6.07) is 2.57. The third kappa shape index (κ3) is 6.49. The van der Waals surface area contributed by atoms with E-state index in [1.54, 1.807) is 33.8 Å². The third-order valence-corrected chi connectivity index (χ3v) is 6.55. The van der Waals surface area contributed by atoms with Gasteiger partial charge in [0, 0.05) is 18.5 Å². The minimum absolute atomic E-state index is 0.000839. The number of urea groups is 1. The number of carbonyl (C=O) groups excluding carboxylic acids is 3. The number of hydrogen-bond donors (Lipinski definition) is 3. The van der Waals surface area contributed by atoms with Gasteiger partial charge < -0.3 is 15.2 Å². The van der Waals surface area contributed by atoms with Crippen LogP contribution >= 0.6 is 0 Å². The summed E-state index contributed by atoms with van der Waals surface area (Å²) in [5, 5.41) is 14.5. The van der Waals surface area contributed by atoms with E-state index in [0.717, 1.165) is 15.4 Å². The summed E-state index contributed by atoms with van der Waals surface area (Å²) in [6.45, 7) is 7.77. The van der Waals surface area contributed by atoms with Gasteiger partial charge >= 0.3 is 12.0 Å². The van der Waals surface area contributed by atoms with E-state index in [1.807, 2.05) is 12.2 Å². The van der Waals surface area contributed by atoms with Gasteiger partial charge in [-0.1, -0.05) is 6.07 Å². The van der Waals surface area contributed by atoms with Gasteiger partial charge in [0.15, 0.2) is 6.61 Å². The topological polar surface area (TPSA) is 142 Å². The molecule has 2 unspecified atom stereocenters. The van der Waals surface area contributed by atoms with Crippen molar-refractivity contribution in [3.8, 4) is 0 Å². The highest BCUT2D eigenvalue weighted by Crippen LogP contribution is 2.28. The van der Waals surface area contributed by atoms with Crippen LogP contribution in [0.5, 0.6) is 0 Å². The molecule has 0 spiro atoms. The number of rotatable bonds is 5. The Kier molecular flexibility index (Phi) is 7.45. The number of esters is 1. The first-order valence-corrected chi connectivity index (χ1v) is 11.2. The van der Waals surface area contributed by atoms with Gasteiger partial charge in [-0.3, -0.25) is 14.9 Å². The molecule has 3 N–H and O–H groups in total. The van der Waals surface area contributed by atoms with Gasteiger partial charge in [-0.2, -0.15) is 4.31 Å². The van der Waals surface area contributed by atoms with Gasteiger partial charge in [-0.05, 0) is 57.9 Å². The first-order valence-electron chi connectivity index (χ1n) is 9.76. The van der Waals surface area contributed by atoms with Crippen LogP contribution in [0.2, 0.25) is 0 Å². The van der Waals surface area contributed by atoms with Crippen LogP contribution in [0.3, 0.4) is 0 Å². The summed E-state index contributed by atoms with van der Waals surface area (Å²) in [5.41, 5.74) is 1.12. The normalized spacial score (nSPS) is 19.7. The number of nitrogens with zero attached hydrogens (tertiary/aromatic N) is 1. The molecule has 1 saturated heterocycles. The van der Waals surface area contributed by atoms with Crippen molar-refractivity contribution in [3.63, 3.8) is 0 Å². The standard InChI is InChI=1S/C20H29N3O7S/c1-12-6-7-15(8-13(12)2)31(28,29)23-10-14(24)9-16(23)18(26)30-11-17(25)21-19(27)22-20(3,4)5/h6-8,14,16,24H,9-11H2,1-5H3,(H2,21,22,25,27). The highest BCUT2D eigenvalue weighted by Gasteiger charge is 2.44. The van der Waals surface area contributed by atoms with E-state index in [0.29, 0.717) is 0 Å². The summed E-state index contributed by atoms with van der Waals surface area (Å²) in [4.78, 5) is 36.1. The predicted molar refractivity (Wildman–Crippen MR) is 112 cm³/mol. The van der Waals surface area contributed by atoms with Crippen LogP contribution in [0.1, 0.15) is 38.3 Å². The summed E-state index contributed by atoms with van der Waals surface area (Å²) >= 11 is 0. The second-order valence-corrected chi connectivity index (χ2v) is 10.5. The van der Waals surface area contributed by atoms with Crippen molar-refractivity contribution >= 4 is 27.9 Å². The molecule has 1 aliphatic rings. The minimum atomic E-state index is -4.08. The first kappa shape index (κ1) is 24.8. The third-order valence-electron chi connectivity index (χ3n) is 4.68. The monoisotopic (exact) mass is 455 g/mol. The lowest BCUT2D eigenvalue weighted by atomic mass is 10.1. The number of carbonyl (C=O) groups is 3. The van der Waals surface area contributed by atoms with Crippen LogP contribution in [-0.2, 0) is 24.3 Å². The molecule has 1 aliphatic heterocycles. The summed E-state index contributed by atoms with van der Waals surface area (Å²) in [6.07, 6.45) is -1.21. The van der Waals surface area contributed by atoms with E-state index in [-0.39, 0.29) is 17.9 Å². The smallest absolute Gasteiger partial charge is 0.325 e. The van der Waals surface area contributed by atoms with Crippen molar-refractivity contribution in [3.05, 3.63) is 29.3 Å². The van der Waals surface area contributed by atoms with Crippen molar-refractivity contribution in [2.75, 3.05) is 13.2 Å². The molecular weight excluding hydrogens is 426 g/mol. The molecule has 1 aromatic rings. The van der Waals surface area contributed by atoms with E-state index in [4.69, 9.17) is 4.74 Å². The number of hydrogen-bond acceptors (Lipinski definition) is 7. The average molecular weight is 456 g/mol. The van der Waals surface area contributed by atoms with E-state index in [1.165, 1.54) is 12.1 Å². The van der Waals surface area contributed by atoms with Crippen LogP contribution < -0.4 is 10.6 Å². The Balaban J connectivity index is 2.06. The molecule has 31 heavy (non-hydrogen) atoms. The Labute approximate surface area is 182 Å². The molecule has 0 bridgehead atoms. The highest BCUT2D eigenvalue weighted by molar-refractivity contribution is 7.89. The quantitative estimate of drug-likeness (QED) is 0.552. The Hall–Kier alpha value is -2.50. The average Bonchev–Trinajstić information content (AvgIpc) is 3.03. The highest BCUT2D eigenvalue weighted by atomic mass is 32.2. The van der Waals surface area contributed by atoms with Crippen molar-refractivity contribution < 1.29 is 32.6 Å². The Morgan fingerprint density at radius 1 is 1.19 bits per heavy atom. The fourth-order valence-corrected chi connectivity index (χ4v) is 4.75. The van der Waals surface area contributed by atoms with Gasteiger partial charge in [0.05, 0.1) is 11.0 Å². The zero-order valence-corrected chi connectivity index (χ0v) is 19.1. The van der Waals surface area contributed by atoms with Crippen molar-refractivity contribution in [2.24, 2.45) is 0 Å². The number of β-amino-alcohol motifs (C(OH)–C–C–N with tert-alkyl or cyclic N) is 1. The second-order valence-electron chi connectivity index (χ2n) is 8.59. The molecule has 1 heterocycles. The lowest BCUT2D eigenvalue weighted by Crippen LogP contribution is -2.49. The van der Waals surface area contributed by atoms with Gasteiger partial charge in [0.1, 0.15) is 6.04 Å². The van der Waals surface area contributed by atoms with Gasteiger partial charge in [0.25, 0.3) is 5.91 Å². The molecular formula is C20H29N3O7S. The van der Waals surface area contributed by atoms with Gasteiger partial charge in [-0.15, -0.1) is 0 Å². The first-order chi connectivity index (χ1) is 14.2. The Bertz CT molecular complexity index is 969. The maximum Gasteiger partial charge on any atom is 0.325 e. The Morgan fingerprint density at radius 3 is 2.42 bits per heavy atom. The molecule has 0 saturated carbocycles. The molecule has 0 radical (unpaired) electrons. The molecule has 0 aliphatic carbocycles. The molecule has 172 valence electrons. The van der Waals surface area contributed by atoms with Crippen LogP contribution in [0.15, 0.2) is 23.1 Å². The number of aryl methyl sites for hydroxylation is 2. The number of sulfonamides is 1. The van der Waals surface area contributed by atoms with Gasteiger partial charge in [0.2, 0.25) is 10.0 Å². The van der Waals surface area contributed by atoms with Gasteiger partial charge in [-0.25, -0.2) is 13.2 Å². The van der Waals surface area contributed by atoms with E-state index < -0.39 is 52.2 Å². The Morgan fingerprint density at radius 2 is 1.84 bits per heavy atom. The fraction of sp³-hybridized carbons (Fsp3) is 0.550. The number of imide groups is 1. The number of amides is 3. The number of nitrogens with one attached hydrogen (secondary N) is 2. The summed E-state index contributed by atoms with van der Waals surface area (Å²) in [7, 11) is -4.08. The molecule has 2 rings (SSSR count). The summed E-state index contributed by atoms with van der Waals surface area (Å²) < 4.78 is 31.9. The second kappa shape index (κ2) is 9.33. The van der Waals surface area contributed by atoms with Crippen molar-refractivity contribution in [1.29, 1.82) is 0 Å². The molecule has 1 aromatic carbocycles. The number of ether oxygens (including phenoxy) is 1. The number of benzene rings is 1. The number of aliphatic hydroxyl groups is 1. The van der Waals surface area contributed by atoms with E-state index in [9.17, 15) is 27.9 Å². The predicted octanol–water partition coefficient (Wildman–Crippen LogP) is 0.595. The molecule has 3 amide bonds. The van der Waals surface area contributed by atoms with Crippen molar-refractivity contribution in [2.45, 2.75) is 63.6 Å². The van der Waals surface area contributed by atoms with Crippen LogP contribution in [0.4, 0.5) is 4.79 Å². The largest absolute Gasteiger partial charge is 0.454 e. The number of aliphatic hydroxyl groups excluding tert-OH is 1. The fourth-order valence-electron chi connectivity index (χ4n) is 3.04. The SMILES string of the molecule is Cc1ccc(S(=O)(=O)N2CC(O)CC2C(=O)OCC(=O)NC(=O)NC(C)(C)C)cc1C. The zero-order valence-electron chi connectivity index (χ0n) is 18.3. The molecule has 0 aromatic heterocycles. The molecule has 10 nitrogen and oxygen atoms in total. The van der Waals surface area contributed by atoms with E-state index in [2.05, 4.69) is 5.32 Å². The van der Waals surface area contributed by atoms with E-state index >= 15 is 0 Å². The lowest BCUT2D eigenvalue weighted by Gasteiger charge is -2.23. The molecule has 11 heteroatoms. The maximum atomic E-state index is 13.0. The van der Waals surface area contributed by atoms with Crippen LogP contribution in [0, 0.1) is 13.8 Å². The van der Waals surface area contributed by atoms with Crippen LogP contribution in [-0.4, -0.2) is 66.6 Å². The minimum Gasteiger partial charge on any atom is -0.454 e. The van der Waals surface area contributed by atoms with Crippen LogP contribution in [0.25, 0.3) is 0 Å². The lowest BCUT2D eigenvalue weighted by molar-refractivity contribution is -0.151. The molecule has 1 fully saturated rings. The summed E-state index contributed by atoms with van der Waals surface area (Å²) in [5.74, 6) is -1.84. The maximum absolute atomic E-state index is 13.0. The van der Waals surface area contributed by atoms with Crippen molar-refractivity contribution in [1.82, 2.24) is 14.9 Å².